The summed E-state index contributed by atoms with van der Waals surface area (Å²) in [6.07, 6.45) is 4.31. The van der Waals surface area contributed by atoms with E-state index in [1.807, 2.05) is 0 Å². The van der Waals surface area contributed by atoms with Crippen LogP contribution in [-0.2, 0) is 4.79 Å². The lowest BCUT2D eigenvalue weighted by atomic mass is 10.1. The summed E-state index contributed by atoms with van der Waals surface area (Å²) in [7, 11) is 0. The van der Waals surface area contributed by atoms with Crippen LogP contribution in [0.25, 0.3) is 0 Å². The minimum Gasteiger partial charge on any atom is -0.325 e. The molecule has 15 heavy (non-hydrogen) atoms. The number of hydrogen-bond donors (Lipinski definition) is 1. The molecule has 1 atom stereocenters. The highest BCUT2D eigenvalue weighted by Gasteiger charge is 2.50. The molecule has 1 unspecified atom stereocenters. The van der Waals surface area contributed by atoms with Gasteiger partial charge in [-0.05, 0) is 33.8 Å². The zero-order valence-electron chi connectivity index (χ0n) is 8.75. The van der Waals surface area contributed by atoms with Crippen molar-refractivity contribution in [2.24, 2.45) is 11.3 Å². The number of rotatable bonds is 2. The van der Waals surface area contributed by atoms with E-state index in [1.54, 1.807) is 18.5 Å². The molecule has 1 saturated carbocycles. The van der Waals surface area contributed by atoms with Crippen molar-refractivity contribution in [2.75, 3.05) is 5.32 Å². The number of carbonyl (C=O) groups excluding carboxylic acids is 1. The molecule has 0 bridgehead atoms. The first-order chi connectivity index (χ1) is 7.00. The molecular formula is C11H13BrN2O. The van der Waals surface area contributed by atoms with Gasteiger partial charge >= 0.3 is 0 Å². The first-order valence-electron chi connectivity index (χ1n) is 4.91. The number of anilines is 1. The number of carbonyl (C=O) groups is 1. The highest BCUT2D eigenvalue weighted by Crippen LogP contribution is 2.52. The second kappa shape index (κ2) is 3.59. The van der Waals surface area contributed by atoms with Crippen molar-refractivity contribution in [3.63, 3.8) is 0 Å². The largest absolute Gasteiger partial charge is 0.325 e. The van der Waals surface area contributed by atoms with E-state index in [4.69, 9.17) is 0 Å². The summed E-state index contributed by atoms with van der Waals surface area (Å²) in [6.45, 7) is 4.22. The van der Waals surface area contributed by atoms with Crippen molar-refractivity contribution >= 4 is 27.5 Å². The summed E-state index contributed by atoms with van der Waals surface area (Å²) in [5.74, 6) is 0.254. The Hall–Kier alpha value is -0.900. The van der Waals surface area contributed by atoms with Gasteiger partial charge in [0.25, 0.3) is 0 Å². The maximum Gasteiger partial charge on any atom is 0.228 e. The average Bonchev–Trinajstić information content (AvgIpc) is 2.79. The smallest absolute Gasteiger partial charge is 0.228 e. The van der Waals surface area contributed by atoms with Crippen LogP contribution in [0.5, 0.6) is 0 Å². The van der Waals surface area contributed by atoms with Crippen LogP contribution in [0.2, 0.25) is 0 Å². The van der Waals surface area contributed by atoms with E-state index >= 15 is 0 Å². The molecule has 4 heteroatoms. The van der Waals surface area contributed by atoms with Gasteiger partial charge in [-0.1, -0.05) is 13.8 Å². The highest BCUT2D eigenvalue weighted by atomic mass is 79.9. The van der Waals surface area contributed by atoms with Crippen LogP contribution in [0, 0.1) is 11.3 Å². The Balaban J connectivity index is 2.05. The van der Waals surface area contributed by atoms with Crippen molar-refractivity contribution in [2.45, 2.75) is 20.3 Å². The first kappa shape index (κ1) is 10.6. The Morgan fingerprint density at radius 1 is 1.67 bits per heavy atom. The van der Waals surface area contributed by atoms with Gasteiger partial charge in [-0.2, -0.15) is 0 Å². The zero-order valence-corrected chi connectivity index (χ0v) is 10.3. The van der Waals surface area contributed by atoms with Crippen LogP contribution in [0.1, 0.15) is 20.3 Å². The van der Waals surface area contributed by atoms with Crippen LogP contribution < -0.4 is 5.32 Å². The normalized spacial score (nSPS) is 22.2. The number of amides is 1. The molecule has 0 saturated heterocycles. The fourth-order valence-electron chi connectivity index (χ4n) is 1.61. The predicted octanol–water partition coefficient (Wildman–Crippen LogP) is 2.83. The Kier molecular flexibility index (Phi) is 2.54. The SMILES string of the molecule is CC1(C)CC1C(=O)Nc1ccncc1Br. The van der Waals surface area contributed by atoms with Crippen LogP contribution in [0.3, 0.4) is 0 Å². The van der Waals surface area contributed by atoms with Crippen molar-refractivity contribution < 1.29 is 4.79 Å². The predicted molar refractivity (Wildman–Crippen MR) is 62.5 cm³/mol. The van der Waals surface area contributed by atoms with E-state index in [-0.39, 0.29) is 17.2 Å². The maximum atomic E-state index is 11.8. The number of halogens is 1. The van der Waals surface area contributed by atoms with Gasteiger partial charge in [-0.3, -0.25) is 9.78 Å². The first-order valence-corrected chi connectivity index (χ1v) is 5.70. The molecular weight excluding hydrogens is 256 g/mol. The van der Waals surface area contributed by atoms with Crippen molar-refractivity contribution in [1.82, 2.24) is 4.98 Å². The molecule has 1 heterocycles. The summed E-state index contributed by atoms with van der Waals surface area (Å²) >= 11 is 3.35. The summed E-state index contributed by atoms with van der Waals surface area (Å²) in [5.41, 5.74) is 0.960. The molecule has 2 rings (SSSR count). The number of pyridine rings is 1. The molecule has 0 aliphatic heterocycles. The number of hydrogen-bond acceptors (Lipinski definition) is 2. The van der Waals surface area contributed by atoms with E-state index in [2.05, 4.69) is 40.1 Å². The van der Waals surface area contributed by atoms with Crippen molar-refractivity contribution in [3.8, 4) is 0 Å². The standard InChI is InChI=1S/C11H13BrN2O/c1-11(2)5-7(11)10(15)14-9-3-4-13-6-8(9)12/h3-4,6-7H,5H2,1-2H3,(H,13,14,15). The maximum absolute atomic E-state index is 11.8. The van der Waals surface area contributed by atoms with Crippen molar-refractivity contribution in [3.05, 3.63) is 22.9 Å². The molecule has 1 aliphatic rings. The average molecular weight is 269 g/mol. The molecule has 1 fully saturated rings. The van der Waals surface area contributed by atoms with E-state index in [0.717, 1.165) is 16.6 Å². The molecule has 1 aromatic rings. The third-order valence-electron chi connectivity index (χ3n) is 2.86. The van der Waals surface area contributed by atoms with Crippen molar-refractivity contribution in [1.29, 1.82) is 0 Å². The van der Waals surface area contributed by atoms with Gasteiger partial charge in [-0.15, -0.1) is 0 Å². The van der Waals surface area contributed by atoms with Crippen LogP contribution >= 0.6 is 15.9 Å². The molecule has 0 spiro atoms. The number of nitrogens with zero attached hydrogens (tertiary/aromatic N) is 1. The lowest BCUT2D eigenvalue weighted by Gasteiger charge is -2.07. The van der Waals surface area contributed by atoms with Gasteiger partial charge in [-0.25, -0.2) is 0 Å². The zero-order chi connectivity index (χ0) is 11.1. The fourth-order valence-corrected chi connectivity index (χ4v) is 1.96. The molecule has 1 aliphatic carbocycles. The second-order valence-corrected chi connectivity index (χ2v) is 5.44. The Bertz CT molecular complexity index is 403. The lowest BCUT2D eigenvalue weighted by Crippen LogP contribution is -2.16. The number of nitrogens with one attached hydrogen (secondary N) is 1. The third-order valence-corrected chi connectivity index (χ3v) is 3.49. The number of aromatic nitrogens is 1. The molecule has 1 N–H and O–H groups in total. The minimum atomic E-state index is 0.104. The minimum absolute atomic E-state index is 0.104. The topological polar surface area (TPSA) is 42.0 Å². The Morgan fingerprint density at radius 2 is 2.33 bits per heavy atom. The van der Waals surface area contributed by atoms with E-state index < -0.39 is 0 Å². The van der Waals surface area contributed by atoms with E-state index in [0.29, 0.717) is 0 Å². The van der Waals surface area contributed by atoms with Crippen LogP contribution in [0.15, 0.2) is 22.9 Å². The van der Waals surface area contributed by atoms with Gasteiger partial charge in [0, 0.05) is 18.3 Å². The lowest BCUT2D eigenvalue weighted by molar-refractivity contribution is -0.118. The van der Waals surface area contributed by atoms with Gasteiger partial charge in [0.05, 0.1) is 10.2 Å². The van der Waals surface area contributed by atoms with Gasteiger partial charge in [0.15, 0.2) is 0 Å². The van der Waals surface area contributed by atoms with E-state index in [1.165, 1.54) is 0 Å². The molecule has 0 radical (unpaired) electrons. The molecule has 1 amide bonds. The monoisotopic (exact) mass is 268 g/mol. The summed E-state index contributed by atoms with van der Waals surface area (Å²) in [5, 5.41) is 2.90. The fraction of sp³-hybridized carbons (Fsp3) is 0.455. The molecule has 0 aromatic carbocycles. The molecule has 1 aromatic heterocycles. The third kappa shape index (κ3) is 2.20. The quantitative estimate of drug-likeness (QED) is 0.897. The Morgan fingerprint density at radius 3 is 2.87 bits per heavy atom. The molecule has 3 nitrogen and oxygen atoms in total. The van der Waals surface area contributed by atoms with Crippen LogP contribution in [0.4, 0.5) is 5.69 Å². The van der Waals surface area contributed by atoms with Crippen LogP contribution in [-0.4, -0.2) is 10.9 Å². The van der Waals surface area contributed by atoms with Gasteiger partial charge in [0.2, 0.25) is 5.91 Å². The Labute approximate surface area is 97.4 Å². The van der Waals surface area contributed by atoms with Gasteiger partial charge < -0.3 is 5.32 Å². The van der Waals surface area contributed by atoms with E-state index in [9.17, 15) is 4.79 Å². The summed E-state index contributed by atoms with van der Waals surface area (Å²) < 4.78 is 0.816. The second-order valence-electron chi connectivity index (χ2n) is 4.59. The summed E-state index contributed by atoms with van der Waals surface area (Å²) in [6, 6.07) is 1.79. The highest BCUT2D eigenvalue weighted by molar-refractivity contribution is 9.10. The summed E-state index contributed by atoms with van der Waals surface area (Å²) in [4.78, 5) is 15.7. The van der Waals surface area contributed by atoms with Gasteiger partial charge in [0.1, 0.15) is 0 Å². The molecule has 80 valence electrons.